The topological polar surface area (TPSA) is 61.9 Å². The van der Waals surface area contributed by atoms with E-state index in [0.717, 1.165) is 12.1 Å². The van der Waals surface area contributed by atoms with Crippen LogP contribution in [0.3, 0.4) is 0 Å². The fourth-order valence-electron chi connectivity index (χ4n) is 1.72. The third kappa shape index (κ3) is 3.37. The highest BCUT2D eigenvalue weighted by atomic mass is 19.1. The van der Waals surface area contributed by atoms with Crippen molar-refractivity contribution in [2.24, 2.45) is 0 Å². The number of likely N-dealkylation sites (N-methyl/N-ethyl adjacent to an activating group) is 1. The number of carbonyl (C=O) groups excluding carboxylic acids is 1. The molecule has 0 radical (unpaired) electrons. The second-order valence-electron chi connectivity index (χ2n) is 4.50. The molecule has 106 valence electrons. The number of aromatic nitrogens is 3. The van der Waals surface area contributed by atoms with Gasteiger partial charge >= 0.3 is 0 Å². The van der Waals surface area contributed by atoms with Crippen LogP contribution in [0.5, 0.6) is 0 Å². The first kappa shape index (κ1) is 14.1. The van der Waals surface area contributed by atoms with Gasteiger partial charge in [-0.1, -0.05) is 6.07 Å². The third-order valence-electron chi connectivity index (χ3n) is 2.80. The van der Waals surface area contributed by atoms with Crippen molar-refractivity contribution < 1.29 is 13.6 Å². The van der Waals surface area contributed by atoms with E-state index in [1.165, 1.54) is 11.0 Å². The van der Waals surface area contributed by atoms with Gasteiger partial charge in [0.05, 0.1) is 13.0 Å². The van der Waals surface area contributed by atoms with Crippen molar-refractivity contribution in [1.29, 1.82) is 0 Å². The predicted octanol–water partition coefficient (Wildman–Crippen LogP) is 1.59. The molecule has 0 unspecified atom stereocenters. The molecule has 0 aliphatic carbocycles. The molecule has 2 rings (SSSR count). The number of carbonyl (C=O) groups is 1. The quantitative estimate of drug-likeness (QED) is 0.925. The number of hydrogen-bond acceptors (Lipinski definition) is 3. The summed E-state index contributed by atoms with van der Waals surface area (Å²) >= 11 is 0. The Morgan fingerprint density at radius 2 is 2.15 bits per heavy atom. The normalized spacial score (nSPS) is 10.6. The lowest BCUT2D eigenvalue weighted by Crippen LogP contribution is -2.28. The Bertz CT molecular complexity index is 627. The number of hydrogen-bond donors (Lipinski definition) is 1. The maximum Gasteiger partial charge on any atom is 0.227 e. The molecule has 2 aromatic rings. The molecule has 0 saturated carbocycles. The average molecular weight is 280 g/mol. The largest absolute Gasteiger partial charge is 0.338 e. The number of H-pyrrole nitrogens is 1. The highest BCUT2D eigenvalue weighted by Crippen LogP contribution is 2.11. The number of nitrogens with one attached hydrogen (secondary N) is 1. The van der Waals surface area contributed by atoms with Crippen LogP contribution in [0.1, 0.15) is 17.2 Å². The molecule has 1 aromatic heterocycles. The van der Waals surface area contributed by atoms with Crippen LogP contribution >= 0.6 is 0 Å². The van der Waals surface area contributed by atoms with Gasteiger partial charge in [-0.25, -0.2) is 13.8 Å². The Morgan fingerprint density at radius 3 is 2.75 bits per heavy atom. The number of amides is 1. The molecular formula is C13H14F2N4O. The lowest BCUT2D eigenvalue weighted by atomic mass is 10.1. The predicted molar refractivity (Wildman–Crippen MR) is 67.7 cm³/mol. The van der Waals surface area contributed by atoms with Crippen molar-refractivity contribution in [2.75, 3.05) is 7.05 Å². The van der Waals surface area contributed by atoms with Gasteiger partial charge in [0.15, 0.2) is 5.82 Å². The van der Waals surface area contributed by atoms with Gasteiger partial charge in [0.2, 0.25) is 5.91 Å². The minimum absolute atomic E-state index is 0.133. The Labute approximate surface area is 114 Å². The second kappa shape index (κ2) is 5.77. The summed E-state index contributed by atoms with van der Waals surface area (Å²) in [6.07, 6.45) is -0.133. The van der Waals surface area contributed by atoms with E-state index in [2.05, 4.69) is 15.2 Å². The zero-order valence-corrected chi connectivity index (χ0v) is 11.2. The summed E-state index contributed by atoms with van der Waals surface area (Å²) in [6.45, 7) is 1.98. The van der Waals surface area contributed by atoms with Gasteiger partial charge in [-0.15, -0.1) is 0 Å². The first-order valence-corrected chi connectivity index (χ1v) is 6.01. The molecule has 5 nitrogen and oxygen atoms in total. The highest BCUT2D eigenvalue weighted by molar-refractivity contribution is 5.78. The van der Waals surface area contributed by atoms with E-state index >= 15 is 0 Å². The van der Waals surface area contributed by atoms with Crippen LogP contribution in [0.4, 0.5) is 8.78 Å². The Hall–Kier alpha value is -2.31. The molecule has 1 amide bonds. The third-order valence-corrected chi connectivity index (χ3v) is 2.80. The van der Waals surface area contributed by atoms with Crippen molar-refractivity contribution in [2.45, 2.75) is 19.9 Å². The molecule has 1 N–H and O–H groups in total. The Kier molecular flexibility index (Phi) is 4.07. The standard InChI is InChI=1S/C13H14F2N4O/c1-8-16-12(18-17-8)7-19(2)13(20)5-9-3-4-10(14)6-11(9)15/h3-4,6H,5,7H2,1-2H3,(H,16,17,18). The van der Waals surface area contributed by atoms with Crippen LogP contribution in [0.15, 0.2) is 18.2 Å². The van der Waals surface area contributed by atoms with Crippen molar-refractivity contribution in [1.82, 2.24) is 20.1 Å². The average Bonchev–Trinajstić information content (AvgIpc) is 2.78. The minimum Gasteiger partial charge on any atom is -0.338 e. The Balaban J connectivity index is 2.00. The van der Waals surface area contributed by atoms with Crippen molar-refractivity contribution >= 4 is 5.91 Å². The second-order valence-corrected chi connectivity index (χ2v) is 4.50. The van der Waals surface area contributed by atoms with E-state index in [1.54, 1.807) is 14.0 Å². The molecule has 0 saturated heterocycles. The van der Waals surface area contributed by atoms with Crippen LogP contribution in [-0.2, 0) is 17.8 Å². The smallest absolute Gasteiger partial charge is 0.227 e. The van der Waals surface area contributed by atoms with E-state index in [1.807, 2.05) is 0 Å². The highest BCUT2D eigenvalue weighted by Gasteiger charge is 2.15. The van der Waals surface area contributed by atoms with E-state index < -0.39 is 11.6 Å². The summed E-state index contributed by atoms with van der Waals surface area (Å²) < 4.78 is 26.2. The van der Waals surface area contributed by atoms with Gasteiger partial charge in [-0.05, 0) is 18.6 Å². The first-order chi connectivity index (χ1) is 9.45. The molecular weight excluding hydrogens is 266 g/mol. The zero-order chi connectivity index (χ0) is 14.7. The van der Waals surface area contributed by atoms with Gasteiger partial charge in [0.1, 0.15) is 17.5 Å². The van der Waals surface area contributed by atoms with Gasteiger partial charge in [-0.3, -0.25) is 9.89 Å². The minimum atomic E-state index is -0.722. The number of rotatable bonds is 4. The lowest BCUT2D eigenvalue weighted by molar-refractivity contribution is -0.129. The molecule has 1 aromatic carbocycles. The van der Waals surface area contributed by atoms with Crippen LogP contribution in [0.25, 0.3) is 0 Å². The van der Waals surface area contributed by atoms with E-state index in [4.69, 9.17) is 0 Å². The van der Waals surface area contributed by atoms with Crippen molar-refractivity contribution in [3.8, 4) is 0 Å². The van der Waals surface area contributed by atoms with E-state index in [9.17, 15) is 13.6 Å². The molecule has 0 aliphatic rings. The molecule has 1 heterocycles. The number of nitrogens with zero attached hydrogens (tertiary/aromatic N) is 3. The van der Waals surface area contributed by atoms with Gasteiger partial charge < -0.3 is 4.90 Å². The number of aryl methyl sites for hydroxylation is 1. The molecule has 0 aliphatic heterocycles. The number of halogens is 2. The monoisotopic (exact) mass is 280 g/mol. The van der Waals surface area contributed by atoms with E-state index in [0.29, 0.717) is 11.6 Å². The number of aromatic amines is 1. The molecule has 7 heteroatoms. The summed E-state index contributed by atoms with van der Waals surface area (Å²) in [6, 6.07) is 3.17. The molecule has 0 spiro atoms. The summed E-state index contributed by atoms with van der Waals surface area (Å²) in [7, 11) is 1.58. The summed E-state index contributed by atoms with van der Waals surface area (Å²) in [5.74, 6) is -0.537. The number of benzene rings is 1. The fourth-order valence-corrected chi connectivity index (χ4v) is 1.72. The lowest BCUT2D eigenvalue weighted by Gasteiger charge is -2.15. The molecule has 0 atom stereocenters. The zero-order valence-electron chi connectivity index (χ0n) is 11.2. The first-order valence-electron chi connectivity index (χ1n) is 6.01. The molecule has 20 heavy (non-hydrogen) atoms. The maximum atomic E-state index is 13.5. The summed E-state index contributed by atoms with van der Waals surface area (Å²) in [5, 5.41) is 6.60. The van der Waals surface area contributed by atoms with Gasteiger partial charge in [-0.2, -0.15) is 5.10 Å². The summed E-state index contributed by atoms with van der Waals surface area (Å²) in [4.78, 5) is 17.4. The fraction of sp³-hybridized carbons (Fsp3) is 0.308. The van der Waals surface area contributed by atoms with Gasteiger partial charge in [0.25, 0.3) is 0 Å². The van der Waals surface area contributed by atoms with E-state index in [-0.39, 0.29) is 24.4 Å². The van der Waals surface area contributed by atoms with Crippen molar-refractivity contribution in [3.05, 3.63) is 47.0 Å². The Morgan fingerprint density at radius 1 is 1.40 bits per heavy atom. The molecule has 0 fully saturated rings. The van der Waals surface area contributed by atoms with Crippen LogP contribution in [0.2, 0.25) is 0 Å². The SMILES string of the molecule is Cc1nc(CN(C)C(=O)Cc2ccc(F)cc2F)n[nH]1. The van der Waals surface area contributed by atoms with Crippen LogP contribution in [0, 0.1) is 18.6 Å². The van der Waals surface area contributed by atoms with Crippen LogP contribution in [-0.4, -0.2) is 33.0 Å². The maximum absolute atomic E-state index is 13.5. The summed E-state index contributed by atoms with van der Waals surface area (Å²) in [5.41, 5.74) is 0.161. The van der Waals surface area contributed by atoms with Crippen LogP contribution < -0.4 is 0 Å². The van der Waals surface area contributed by atoms with Crippen molar-refractivity contribution in [3.63, 3.8) is 0 Å². The molecule has 0 bridgehead atoms. The van der Waals surface area contributed by atoms with Gasteiger partial charge in [0, 0.05) is 13.1 Å².